The third-order valence-corrected chi connectivity index (χ3v) is 6.35. The Labute approximate surface area is 137 Å². The molecule has 0 saturated carbocycles. The Morgan fingerprint density at radius 1 is 1.22 bits per heavy atom. The second-order valence-electron chi connectivity index (χ2n) is 4.39. The van der Waals surface area contributed by atoms with Gasteiger partial charge in [-0.3, -0.25) is 0 Å². The van der Waals surface area contributed by atoms with Gasteiger partial charge < -0.3 is 4.90 Å². The van der Waals surface area contributed by atoms with Gasteiger partial charge in [0.15, 0.2) is 4.34 Å². The first-order valence-electron chi connectivity index (χ1n) is 5.82. The minimum atomic E-state index is -5.67. The highest BCUT2D eigenvalue weighted by atomic mass is 32.2. The average molecular weight is 387 g/mol. The third kappa shape index (κ3) is 3.75. The monoisotopic (exact) mass is 387 g/mol. The molecule has 0 aliphatic carbocycles. The summed E-state index contributed by atoms with van der Waals surface area (Å²) in [7, 11) is -2.27. The van der Waals surface area contributed by atoms with E-state index in [9.17, 15) is 26.0 Å². The molecule has 0 atom stereocenters. The first kappa shape index (κ1) is 17.9. The molecule has 1 heterocycles. The predicted octanol–water partition coefficient (Wildman–Crippen LogP) is 3.19. The third-order valence-electron chi connectivity index (χ3n) is 2.48. The highest BCUT2D eigenvalue weighted by Crippen LogP contribution is 2.40. The maximum absolute atomic E-state index is 13.2. The molecule has 0 unspecified atom stereocenters. The summed E-state index contributed by atoms with van der Waals surface area (Å²) < 4.78 is 74.8. The lowest BCUT2D eigenvalue weighted by Gasteiger charge is -2.11. The highest BCUT2D eigenvalue weighted by Gasteiger charge is 2.48. The van der Waals surface area contributed by atoms with Crippen molar-refractivity contribution in [2.75, 3.05) is 19.0 Å². The molecule has 0 radical (unpaired) electrons. The lowest BCUT2D eigenvalue weighted by molar-refractivity contribution is -0.0437. The minimum absolute atomic E-state index is 0.235. The van der Waals surface area contributed by atoms with E-state index in [0.29, 0.717) is 23.0 Å². The van der Waals surface area contributed by atoms with Gasteiger partial charge in [0, 0.05) is 19.0 Å². The van der Waals surface area contributed by atoms with Crippen LogP contribution in [0.2, 0.25) is 0 Å². The van der Waals surface area contributed by atoms with Gasteiger partial charge >= 0.3 is 5.51 Å². The number of alkyl halides is 3. The van der Waals surface area contributed by atoms with Gasteiger partial charge in [-0.05, 0) is 18.2 Å². The highest BCUT2D eigenvalue weighted by molar-refractivity contribution is 8.02. The molecule has 126 valence electrons. The van der Waals surface area contributed by atoms with Crippen molar-refractivity contribution in [2.45, 2.75) is 19.6 Å². The second-order valence-corrected chi connectivity index (χ2v) is 8.54. The maximum Gasteiger partial charge on any atom is 0.501 e. The smallest absolute Gasteiger partial charge is 0.353 e. The molecular formula is C11H9F4N3O2S3. The van der Waals surface area contributed by atoms with E-state index in [4.69, 9.17) is 0 Å². The minimum Gasteiger partial charge on any atom is -0.353 e. The lowest BCUT2D eigenvalue weighted by atomic mass is 10.3. The molecule has 0 aliphatic heterocycles. The van der Waals surface area contributed by atoms with Crippen molar-refractivity contribution >= 4 is 38.1 Å². The van der Waals surface area contributed by atoms with Crippen LogP contribution in [0.3, 0.4) is 0 Å². The molecule has 1 aromatic carbocycles. The summed E-state index contributed by atoms with van der Waals surface area (Å²) in [5.74, 6) is -1.08. The summed E-state index contributed by atoms with van der Waals surface area (Å²) >= 11 is 1.74. The fraction of sp³-hybridized carbons (Fsp3) is 0.273. The van der Waals surface area contributed by atoms with Crippen molar-refractivity contribution in [1.82, 2.24) is 10.2 Å². The van der Waals surface area contributed by atoms with Gasteiger partial charge in [-0.1, -0.05) is 23.1 Å². The van der Waals surface area contributed by atoms with E-state index in [0.717, 1.165) is 23.5 Å². The molecule has 0 spiro atoms. The van der Waals surface area contributed by atoms with Gasteiger partial charge in [0.25, 0.3) is 9.84 Å². The SMILES string of the molecule is CN(C)c1nnc(Sc2ccc(F)cc2S(=O)(=O)C(F)(F)F)s1. The Morgan fingerprint density at radius 3 is 2.39 bits per heavy atom. The number of hydrogen-bond donors (Lipinski definition) is 0. The zero-order chi connectivity index (χ0) is 17.4. The van der Waals surface area contributed by atoms with E-state index < -0.39 is 26.1 Å². The van der Waals surface area contributed by atoms with Crippen molar-refractivity contribution in [3.05, 3.63) is 24.0 Å². The van der Waals surface area contributed by atoms with E-state index in [1.54, 1.807) is 19.0 Å². The molecule has 12 heteroatoms. The van der Waals surface area contributed by atoms with Crippen molar-refractivity contribution < 1.29 is 26.0 Å². The molecule has 1 aromatic heterocycles. The number of anilines is 1. The van der Waals surface area contributed by atoms with Crippen LogP contribution < -0.4 is 4.90 Å². The molecule has 2 aromatic rings. The molecule has 0 saturated heterocycles. The predicted molar refractivity (Wildman–Crippen MR) is 78.0 cm³/mol. The maximum atomic E-state index is 13.2. The van der Waals surface area contributed by atoms with Gasteiger partial charge in [-0.15, -0.1) is 10.2 Å². The van der Waals surface area contributed by atoms with Crippen LogP contribution in [-0.2, 0) is 9.84 Å². The molecule has 5 nitrogen and oxygen atoms in total. The van der Waals surface area contributed by atoms with Gasteiger partial charge in [-0.25, -0.2) is 12.8 Å². The van der Waals surface area contributed by atoms with Crippen LogP contribution in [0.25, 0.3) is 0 Å². The molecular weight excluding hydrogens is 378 g/mol. The van der Waals surface area contributed by atoms with Crippen LogP contribution in [-0.4, -0.2) is 38.2 Å². The summed E-state index contributed by atoms with van der Waals surface area (Å²) in [6, 6.07) is 2.19. The standard InChI is InChI=1S/C11H9F4N3O2S3/c1-18(2)9-16-17-10(22-9)21-7-4-3-6(12)5-8(7)23(19,20)11(13,14)15/h3-5H,1-2H3. The fourth-order valence-corrected chi connectivity index (χ4v) is 4.45. The Bertz CT molecular complexity index is 818. The number of sulfone groups is 1. The number of nitrogens with zero attached hydrogens (tertiary/aromatic N) is 3. The summed E-state index contributed by atoms with van der Waals surface area (Å²) in [5.41, 5.74) is -5.52. The van der Waals surface area contributed by atoms with E-state index in [1.807, 2.05) is 0 Å². The van der Waals surface area contributed by atoms with Crippen molar-refractivity contribution in [3.8, 4) is 0 Å². The lowest BCUT2D eigenvalue weighted by Crippen LogP contribution is -2.24. The molecule has 23 heavy (non-hydrogen) atoms. The first-order chi connectivity index (χ1) is 10.5. The zero-order valence-corrected chi connectivity index (χ0v) is 14.1. The van der Waals surface area contributed by atoms with Gasteiger partial charge in [0.2, 0.25) is 5.13 Å². The van der Waals surface area contributed by atoms with Crippen molar-refractivity contribution in [3.63, 3.8) is 0 Å². The van der Waals surface area contributed by atoms with Crippen molar-refractivity contribution in [2.24, 2.45) is 0 Å². The zero-order valence-electron chi connectivity index (χ0n) is 11.6. The molecule has 0 fully saturated rings. The molecule has 2 rings (SSSR count). The van der Waals surface area contributed by atoms with Crippen LogP contribution >= 0.6 is 23.1 Å². The normalized spacial score (nSPS) is 12.4. The largest absolute Gasteiger partial charge is 0.501 e. The molecule has 0 amide bonds. The van der Waals surface area contributed by atoms with Crippen LogP contribution in [0.1, 0.15) is 0 Å². The molecule has 0 N–H and O–H groups in total. The van der Waals surface area contributed by atoms with Crippen LogP contribution in [0, 0.1) is 5.82 Å². The topological polar surface area (TPSA) is 63.2 Å². The number of aromatic nitrogens is 2. The van der Waals surface area contributed by atoms with E-state index in [2.05, 4.69) is 10.2 Å². The van der Waals surface area contributed by atoms with Gasteiger partial charge in [-0.2, -0.15) is 13.2 Å². The second kappa shape index (κ2) is 6.24. The Hall–Kier alpha value is -1.40. The van der Waals surface area contributed by atoms with Crippen LogP contribution in [0.4, 0.5) is 22.7 Å². The fourth-order valence-electron chi connectivity index (χ4n) is 1.42. The molecule has 0 bridgehead atoms. The quantitative estimate of drug-likeness (QED) is 0.751. The Balaban J connectivity index is 2.47. The number of halogens is 4. The average Bonchev–Trinajstić information content (AvgIpc) is 2.88. The van der Waals surface area contributed by atoms with Crippen LogP contribution in [0.5, 0.6) is 0 Å². The molecule has 0 aliphatic rings. The van der Waals surface area contributed by atoms with E-state index in [1.165, 1.54) is 0 Å². The first-order valence-corrected chi connectivity index (χ1v) is 8.93. The van der Waals surface area contributed by atoms with Crippen molar-refractivity contribution in [1.29, 1.82) is 0 Å². The number of hydrogen-bond acceptors (Lipinski definition) is 7. The summed E-state index contributed by atoms with van der Waals surface area (Å²) in [6.07, 6.45) is 0. The van der Waals surface area contributed by atoms with Gasteiger partial charge in [0.1, 0.15) is 5.82 Å². The van der Waals surface area contributed by atoms with E-state index >= 15 is 0 Å². The summed E-state index contributed by atoms with van der Waals surface area (Å²) in [4.78, 5) is 0.224. The Morgan fingerprint density at radius 2 is 1.87 bits per heavy atom. The van der Waals surface area contributed by atoms with E-state index in [-0.39, 0.29) is 9.24 Å². The Kier molecular flexibility index (Phi) is 4.87. The summed E-state index contributed by atoms with van der Waals surface area (Å²) in [5, 5.41) is 8.05. The summed E-state index contributed by atoms with van der Waals surface area (Å²) in [6.45, 7) is 0. The van der Waals surface area contributed by atoms with Crippen LogP contribution in [0.15, 0.2) is 32.3 Å². The van der Waals surface area contributed by atoms with Gasteiger partial charge in [0.05, 0.1) is 4.90 Å². The number of benzene rings is 1. The number of rotatable bonds is 4.